The maximum atomic E-state index is 11.7. The summed E-state index contributed by atoms with van der Waals surface area (Å²) in [4.78, 5) is 11.7. The molecule has 5 rings (SSSR count). The van der Waals surface area contributed by atoms with Gasteiger partial charge >= 0.3 is 5.97 Å². The van der Waals surface area contributed by atoms with E-state index in [1.54, 1.807) is 6.92 Å². The third kappa shape index (κ3) is 3.54. The number of ether oxygens (including phenoxy) is 3. The minimum absolute atomic E-state index is 0.0523. The third-order valence-electron chi connectivity index (χ3n) is 10.3. The molecule has 0 aromatic heterocycles. The summed E-state index contributed by atoms with van der Waals surface area (Å²) < 4.78 is 18.1. The molecule has 30 heavy (non-hydrogen) atoms. The van der Waals surface area contributed by atoms with Gasteiger partial charge < -0.3 is 14.2 Å². The van der Waals surface area contributed by atoms with Gasteiger partial charge in [0, 0.05) is 18.9 Å². The van der Waals surface area contributed by atoms with Crippen LogP contribution in [-0.2, 0) is 19.0 Å². The highest BCUT2D eigenvalue weighted by Crippen LogP contribution is 2.66. The molecule has 0 radical (unpaired) electrons. The van der Waals surface area contributed by atoms with E-state index in [-0.39, 0.29) is 23.8 Å². The molecule has 1 heterocycles. The van der Waals surface area contributed by atoms with E-state index in [0.29, 0.717) is 11.5 Å². The largest absolute Gasteiger partial charge is 0.462 e. The average molecular weight is 419 g/mol. The molecule has 4 heteroatoms. The number of fused-ring (bicyclic) bond motifs is 5. The number of rotatable bonds is 3. The number of carbonyl (C=O) groups is 1. The standard InChI is InChI=1S/C26H42O4/c1-17(27)29-23-10-9-21-20-8-7-18-16-19(30-24-6-4-5-15-28-24)11-13-25(18,2)22(20)12-14-26(21,23)3/h18-24H,4-16H2,1-3H3. The second-order valence-electron chi connectivity index (χ2n) is 11.7. The van der Waals surface area contributed by atoms with Crippen LogP contribution in [-0.4, -0.2) is 31.1 Å². The molecule has 5 fully saturated rings. The van der Waals surface area contributed by atoms with Crippen LogP contribution in [0.15, 0.2) is 0 Å². The summed E-state index contributed by atoms with van der Waals surface area (Å²) in [5.74, 6) is 3.11. The highest BCUT2D eigenvalue weighted by molar-refractivity contribution is 5.66. The molecule has 4 nitrogen and oxygen atoms in total. The molecule has 170 valence electrons. The molecule has 5 aliphatic rings. The normalized spacial score (nSPS) is 50.8. The van der Waals surface area contributed by atoms with Gasteiger partial charge in [-0.05, 0) is 106 Å². The number of carbonyl (C=O) groups excluding carboxylic acids is 1. The lowest BCUT2D eigenvalue weighted by Crippen LogP contribution is -2.55. The zero-order valence-electron chi connectivity index (χ0n) is 19.4. The molecule has 4 saturated carbocycles. The molecule has 0 amide bonds. The van der Waals surface area contributed by atoms with Crippen molar-refractivity contribution < 1.29 is 19.0 Å². The van der Waals surface area contributed by atoms with Crippen molar-refractivity contribution in [1.29, 1.82) is 0 Å². The highest BCUT2D eigenvalue weighted by atomic mass is 16.7. The van der Waals surface area contributed by atoms with Gasteiger partial charge in [-0.15, -0.1) is 0 Å². The van der Waals surface area contributed by atoms with Crippen LogP contribution in [0.2, 0.25) is 0 Å². The van der Waals surface area contributed by atoms with E-state index in [9.17, 15) is 4.79 Å². The molecule has 0 N–H and O–H groups in total. The van der Waals surface area contributed by atoms with Gasteiger partial charge in [0.25, 0.3) is 0 Å². The van der Waals surface area contributed by atoms with E-state index in [4.69, 9.17) is 14.2 Å². The Morgan fingerprint density at radius 2 is 1.70 bits per heavy atom. The SMILES string of the molecule is CC(=O)OC1CCC2C3CCC4CC(OC5CCCCO5)CCC4(C)C3CCC12C. The Kier molecular flexibility index (Phi) is 5.71. The summed E-state index contributed by atoms with van der Waals surface area (Å²) in [5.41, 5.74) is 0.672. The first-order chi connectivity index (χ1) is 14.4. The van der Waals surface area contributed by atoms with Crippen LogP contribution in [0.5, 0.6) is 0 Å². The van der Waals surface area contributed by atoms with Gasteiger partial charge in [-0.2, -0.15) is 0 Å². The summed E-state index contributed by atoms with van der Waals surface area (Å²) in [5, 5.41) is 0. The Balaban J connectivity index is 1.26. The molecular weight excluding hydrogens is 376 g/mol. The summed E-state index contributed by atoms with van der Waals surface area (Å²) in [6.07, 6.45) is 15.4. The lowest BCUT2D eigenvalue weighted by atomic mass is 9.45. The number of esters is 1. The minimum Gasteiger partial charge on any atom is -0.462 e. The van der Waals surface area contributed by atoms with Gasteiger partial charge in [0.2, 0.25) is 0 Å². The fraction of sp³-hybridized carbons (Fsp3) is 0.962. The smallest absolute Gasteiger partial charge is 0.302 e. The first kappa shape index (κ1) is 21.2. The molecule has 0 aromatic carbocycles. The topological polar surface area (TPSA) is 44.8 Å². The van der Waals surface area contributed by atoms with E-state index in [1.165, 1.54) is 64.2 Å². The Morgan fingerprint density at radius 3 is 2.47 bits per heavy atom. The summed E-state index contributed by atoms with van der Waals surface area (Å²) in [6.45, 7) is 7.49. The monoisotopic (exact) mass is 418 g/mol. The number of hydrogen-bond donors (Lipinski definition) is 0. The molecular formula is C26H42O4. The predicted octanol–water partition coefficient (Wildman–Crippen LogP) is 5.87. The van der Waals surface area contributed by atoms with Gasteiger partial charge in [-0.25, -0.2) is 0 Å². The third-order valence-corrected chi connectivity index (χ3v) is 10.3. The summed E-state index contributed by atoms with van der Waals surface area (Å²) in [6, 6.07) is 0. The first-order valence-corrected chi connectivity index (χ1v) is 12.8. The molecule has 0 aromatic rings. The van der Waals surface area contributed by atoms with Gasteiger partial charge in [-0.3, -0.25) is 4.79 Å². The molecule has 0 spiro atoms. The highest BCUT2D eigenvalue weighted by Gasteiger charge is 2.61. The summed E-state index contributed by atoms with van der Waals surface area (Å²) in [7, 11) is 0. The predicted molar refractivity (Wildman–Crippen MR) is 116 cm³/mol. The first-order valence-electron chi connectivity index (χ1n) is 12.8. The maximum Gasteiger partial charge on any atom is 0.302 e. The van der Waals surface area contributed by atoms with Gasteiger partial charge in [0.05, 0.1) is 6.10 Å². The molecule has 4 aliphatic carbocycles. The molecule has 1 saturated heterocycles. The van der Waals surface area contributed by atoms with E-state index in [1.807, 2.05) is 0 Å². The Morgan fingerprint density at radius 1 is 0.900 bits per heavy atom. The lowest BCUT2D eigenvalue weighted by Gasteiger charge is -2.61. The Hall–Kier alpha value is -0.610. The quantitative estimate of drug-likeness (QED) is 0.424. The van der Waals surface area contributed by atoms with Crippen LogP contribution < -0.4 is 0 Å². The molecule has 0 bridgehead atoms. The van der Waals surface area contributed by atoms with E-state index in [2.05, 4.69) is 13.8 Å². The zero-order chi connectivity index (χ0) is 20.9. The molecule has 1 aliphatic heterocycles. The summed E-state index contributed by atoms with van der Waals surface area (Å²) >= 11 is 0. The van der Waals surface area contributed by atoms with Crippen molar-refractivity contribution in [1.82, 2.24) is 0 Å². The van der Waals surface area contributed by atoms with Crippen LogP contribution >= 0.6 is 0 Å². The Labute approximate surface area is 182 Å². The van der Waals surface area contributed by atoms with Crippen LogP contribution in [0.4, 0.5) is 0 Å². The van der Waals surface area contributed by atoms with Gasteiger partial charge in [0.1, 0.15) is 6.10 Å². The second-order valence-corrected chi connectivity index (χ2v) is 11.7. The van der Waals surface area contributed by atoms with E-state index < -0.39 is 0 Å². The van der Waals surface area contributed by atoms with Crippen LogP contribution in [0, 0.1) is 34.5 Å². The van der Waals surface area contributed by atoms with Crippen molar-refractivity contribution in [2.24, 2.45) is 34.5 Å². The second kappa shape index (κ2) is 8.06. The van der Waals surface area contributed by atoms with Gasteiger partial charge in [-0.1, -0.05) is 13.8 Å². The van der Waals surface area contributed by atoms with Crippen LogP contribution in [0.1, 0.15) is 97.8 Å². The van der Waals surface area contributed by atoms with Crippen LogP contribution in [0.25, 0.3) is 0 Å². The minimum atomic E-state index is -0.0973. The van der Waals surface area contributed by atoms with Crippen molar-refractivity contribution in [3.8, 4) is 0 Å². The van der Waals surface area contributed by atoms with E-state index in [0.717, 1.165) is 43.1 Å². The Bertz CT molecular complexity index is 643. The fourth-order valence-electron chi connectivity index (χ4n) is 8.72. The van der Waals surface area contributed by atoms with Crippen molar-refractivity contribution in [2.75, 3.05) is 6.61 Å². The van der Waals surface area contributed by atoms with Crippen LogP contribution in [0.3, 0.4) is 0 Å². The zero-order valence-corrected chi connectivity index (χ0v) is 19.4. The van der Waals surface area contributed by atoms with Crippen molar-refractivity contribution in [3.05, 3.63) is 0 Å². The molecule has 9 atom stereocenters. The van der Waals surface area contributed by atoms with Gasteiger partial charge in [0.15, 0.2) is 6.29 Å². The number of hydrogen-bond acceptors (Lipinski definition) is 4. The fourth-order valence-corrected chi connectivity index (χ4v) is 8.72. The lowest BCUT2D eigenvalue weighted by molar-refractivity contribution is -0.212. The maximum absolute atomic E-state index is 11.7. The van der Waals surface area contributed by atoms with Crippen molar-refractivity contribution in [3.63, 3.8) is 0 Å². The van der Waals surface area contributed by atoms with E-state index >= 15 is 0 Å². The average Bonchev–Trinajstić information content (AvgIpc) is 3.05. The van der Waals surface area contributed by atoms with Crippen molar-refractivity contribution in [2.45, 2.75) is 116 Å². The van der Waals surface area contributed by atoms with Crippen molar-refractivity contribution >= 4 is 5.97 Å². The molecule has 9 unspecified atom stereocenters.